The lowest BCUT2D eigenvalue weighted by Gasteiger charge is -2.17. The predicted octanol–water partition coefficient (Wildman–Crippen LogP) is 4.75. The zero-order valence-electron chi connectivity index (χ0n) is 17.8. The summed E-state index contributed by atoms with van der Waals surface area (Å²) in [5.41, 5.74) is 8.08. The van der Waals surface area contributed by atoms with Gasteiger partial charge in [0.25, 0.3) is 0 Å². The molecule has 2 heterocycles. The molecular weight excluding hydrogens is 448 g/mol. The Hall–Kier alpha value is -2.84. The summed E-state index contributed by atoms with van der Waals surface area (Å²) in [5.74, 6) is 1.01. The maximum Gasteiger partial charge on any atom is 0.223 e. The fraction of sp³-hybridized carbons (Fsp3) is 0.304. The van der Waals surface area contributed by atoms with Gasteiger partial charge in [0, 0.05) is 24.1 Å². The molecule has 1 saturated heterocycles. The maximum absolute atomic E-state index is 13.4. The van der Waals surface area contributed by atoms with Gasteiger partial charge in [-0.15, -0.1) is 0 Å². The highest BCUT2D eigenvalue weighted by Crippen LogP contribution is 2.38. The number of hydrogen-bond acceptors (Lipinski definition) is 6. The topological polar surface area (TPSA) is 99.6 Å². The van der Waals surface area contributed by atoms with Crippen LogP contribution in [-0.2, 0) is 23.4 Å². The quantitative estimate of drug-likeness (QED) is 0.412. The van der Waals surface area contributed by atoms with Crippen LogP contribution in [0.15, 0.2) is 53.0 Å². The van der Waals surface area contributed by atoms with Crippen molar-refractivity contribution in [2.75, 3.05) is 17.2 Å². The van der Waals surface area contributed by atoms with Gasteiger partial charge in [-0.1, -0.05) is 48.4 Å². The van der Waals surface area contributed by atoms with Crippen LogP contribution in [0.4, 0.5) is 11.4 Å². The minimum absolute atomic E-state index is 0.0983. The van der Waals surface area contributed by atoms with Gasteiger partial charge >= 0.3 is 0 Å². The van der Waals surface area contributed by atoms with Gasteiger partial charge in [-0.2, -0.15) is 9.46 Å². The van der Waals surface area contributed by atoms with Crippen molar-refractivity contribution in [2.24, 2.45) is 11.4 Å². The fourth-order valence-corrected chi connectivity index (χ4v) is 6.24. The minimum Gasteiger partial charge on any atom is -0.472 e. The molecule has 7 nitrogen and oxygen atoms in total. The summed E-state index contributed by atoms with van der Waals surface area (Å²) in [4.78, 5) is 13.4. The Bertz CT molecular complexity index is 1250. The van der Waals surface area contributed by atoms with Crippen LogP contribution >= 0.6 is 11.6 Å². The van der Waals surface area contributed by atoms with Gasteiger partial charge in [-0.05, 0) is 30.5 Å². The highest BCUT2D eigenvalue weighted by molar-refractivity contribution is 7.93. The Balaban J connectivity index is 1.67. The lowest BCUT2D eigenvalue weighted by Crippen LogP contribution is -2.16. The molecule has 0 saturated carbocycles. The van der Waals surface area contributed by atoms with E-state index < -0.39 is 9.73 Å². The standard InChI is InChI=1S/C23H25ClN4O3S/c1-28-23(31-15-16-8-4-2-5-9-16)18(14-26-28)22(29)17-10-11-19(25)21(20(17)24)27-32(30)12-6-3-7-13-32/h2,4-5,8-11,14H,3,6-7,12-13,15,25H2,1H3. The molecule has 168 valence electrons. The molecule has 0 amide bonds. The second kappa shape index (κ2) is 9.34. The van der Waals surface area contributed by atoms with Crippen molar-refractivity contribution in [2.45, 2.75) is 25.9 Å². The number of ketones is 1. The number of carbonyl (C=O) groups is 1. The first-order valence-corrected chi connectivity index (χ1v) is 12.6. The molecule has 1 aromatic heterocycles. The van der Waals surface area contributed by atoms with Crippen molar-refractivity contribution in [3.05, 3.63) is 70.4 Å². The van der Waals surface area contributed by atoms with Crippen molar-refractivity contribution in [3.63, 3.8) is 0 Å². The van der Waals surface area contributed by atoms with Crippen molar-refractivity contribution in [1.82, 2.24) is 9.78 Å². The number of aryl methyl sites for hydroxylation is 1. The number of nitrogens with zero attached hydrogens (tertiary/aromatic N) is 3. The molecular formula is C23H25ClN4O3S. The molecule has 2 N–H and O–H groups in total. The first-order chi connectivity index (χ1) is 15.4. The monoisotopic (exact) mass is 472 g/mol. The summed E-state index contributed by atoms with van der Waals surface area (Å²) in [6.07, 6.45) is 4.21. The van der Waals surface area contributed by atoms with Crippen molar-refractivity contribution >= 4 is 38.5 Å². The third-order valence-electron chi connectivity index (χ3n) is 5.42. The summed E-state index contributed by atoms with van der Waals surface area (Å²) >= 11 is 6.58. The van der Waals surface area contributed by atoms with Crippen LogP contribution in [0, 0.1) is 0 Å². The number of carbonyl (C=O) groups excluding carboxylic acids is 1. The molecule has 1 fully saturated rings. The predicted molar refractivity (Wildman–Crippen MR) is 127 cm³/mol. The third-order valence-corrected chi connectivity index (χ3v) is 8.17. The number of aromatic nitrogens is 2. The first-order valence-electron chi connectivity index (χ1n) is 10.4. The average Bonchev–Trinajstić information content (AvgIpc) is 3.16. The molecule has 4 rings (SSSR count). The largest absolute Gasteiger partial charge is 0.472 e. The van der Waals surface area contributed by atoms with Gasteiger partial charge in [0.1, 0.15) is 17.9 Å². The second-order valence-corrected chi connectivity index (χ2v) is 10.7. The molecule has 3 aromatic rings. The maximum atomic E-state index is 13.4. The molecule has 0 unspecified atom stereocenters. The Morgan fingerprint density at radius 3 is 2.59 bits per heavy atom. The van der Waals surface area contributed by atoms with E-state index in [0.29, 0.717) is 29.7 Å². The number of nitrogen functional groups attached to an aromatic ring is 1. The summed E-state index contributed by atoms with van der Waals surface area (Å²) < 4.78 is 25.0. The van der Waals surface area contributed by atoms with Crippen molar-refractivity contribution < 1.29 is 13.7 Å². The van der Waals surface area contributed by atoms with Crippen LogP contribution in [0.3, 0.4) is 0 Å². The van der Waals surface area contributed by atoms with E-state index in [1.165, 1.54) is 10.9 Å². The van der Waals surface area contributed by atoms with E-state index >= 15 is 0 Å². The molecule has 9 heteroatoms. The van der Waals surface area contributed by atoms with Crippen LogP contribution in [0.5, 0.6) is 5.88 Å². The number of anilines is 1. The lowest BCUT2D eigenvalue weighted by molar-refractivity contribution is 0.103. The third kappa shape index (κ3) is 4.66. The summed E-state index contributed by atoms with van der Waals surface area (Å²) in [6, 6.07) is 12.8. The first kappa shape index (κ1) is 22.4. The van der Waals surface area contributed by atoms with E-state index in [1.54, 1.807) is 19.2 Å². The Morgan fingerprint density at radius 1 is 1.16 bits per heavy atom. The number of ether oxygens (including phenoxy) is 1. The highest BCUT2D eigenvalue weighted by atomic mass is 35.5. The second-order valence-electron chi connectivity index (χ2n) is 7.79. The fourth-order valence-electron chi connectivity index (χ4n) is 3.66. The van der Waals surface area contributed by atoms with Gasteiger partial charge in [0.15, 0.2) is 0 Å². The van der Waals surface area contributed by atoms with Crippen LogP contribution in [-0.4, -0.2) is 31.3 Å². The van der Waals surface area contributed by atoms with Crippen LogP contribution < -0.4 is 10.5 Å². The Labute approximate surface area is 192 Å². The Kier molecular flexibility index (Phi) is 6.53. The number of nitrogens with two attached hydrogens (primary N) is 1. The molecule has 1 aliphatic rings. The van der Waals surface area contributed by atoms with Crippen LogP contribution in [0.2, 0.25) is 5.02 Å². The van der Waals surface area contributed by atoms with Gasteiger partial charge in [-0.25, -0.2) is 8.89 Å². The lowest BCUT2D eigenvalue weighted by atomic mass is 10.0. The molecule has 0 aliphatic carbocycles. The Morgan fingerprint density at radius 2 is 1.88 bits per heavy atom. The normalized spacial score (nSPS) is 15.3. The van der Waals surface area contributed by atoms with Gasteiger partial charge < -0.3 is 10.5 Å². The molecule has 0 spiro atoms. The molecule has 1 aliphatic heterocycles. The number of rotatable bonds is 6. The SMILES string of the molecule is Cn1ncc(C(=O)c2ccc(N)c(N=S3(=O)CCCCC3)c2Cl)c1OCc1ccccc1. The van der Waals surface area contributed by atoms with E-state index in [-0.39, 0.29) is 27.6 Å². The zero-order valence-corrected chi connectivity index (χ0v) is 19.4. The van der Waals surface area contributed by atoms with Crippen LogP contribution in [0.25, 0.3) is 0 Å². The average molecular weight is 473 g/mol. The summed E-state index contributed by atoms with van der Waals surface area (Å²) in [7, 11) is -0.726. The molecule has 0 atom stereocenters. The number of hydrogen-bond donors (Lipinski definition) is 1. The van der Waals surface area contributed by atoms with E-state index in [9.17, 15) is 9.00 Å². The molecule has 0 radical (unpaired) electrons. The van der Waals surface area contributed by atoms with Gasteiger partial charge in [-0.3, -0.25) is 4.79 Å². The van der Waals surface area contributed by atoms with E-state index in [1.807, 2.05) is 30.3 Å². The smallest absolute Gasteiger partial charge is 0.223 e. The van der Waals surface area contributed by atoms with Gasteiger partial charge in [0.2, 0.25) is 11.7 Å². The van der Waals surface area contributed by atoms with Crippen molar-refractivity contribution in [1.29, 1.82) is 0 Å². The van der Waals surface area contributed by atoms with Crippen molar-refractivity contribution in [3.8, 4) is 5.88 Å². The molecule has 2 aromatic carbocycles. The van der Waals surface area contributed by atoms with Gasteiger partial charge in [0.05, 0.1) is 26.6 Å². The minimum atomic E-state index is -2.43. The van der Waals surface area contributed by atoms with E-state index in [2.05, 4.69) is 9.46 Å². The number of halogens is 1. The highest BCUT2D eigenvalue weighted by Gasteiger charge is 2.24. The van der Waals surface area contributed by atoms with E-state index in [0.717, 1.165) is 24.8 Å². The van der Waals surface area contributed by atoms with Crippen LogP contribution in [0.1, 0.15) is 40.7 Å². The molecule has 32 heavy (non-hydrogen) atoms. The summed E-state index contributed by atoms with van der Waals surface area (Å²) in [6.45, 7) is 0.290. The molecule has 0 bridgehead atoms. The van der Waals surface area contributed by atoms with E-state index in [4.69, 9.17) is 22.1 Å². The zero-order chi connectivity index (χ0) is 22.7. The number of benzene rings is 2. The summed E-state index contributed by atoms with van der Waals surface area (Å²) in [5, 5.41) is 4.28.